The molecule has 0 saturated carbocycles. The van der Waals surface area contributed by atoms with E-state index < -0.39 is 5.91 Å². The number of hydrogen-bond donors (Lipinski definition) is 2. The van der Waals surface area contributed by atoms with Gasteiger partial charge in [-0.15, -0.1) is 0 Å². The predicted molar refractivity (Wildman–Crippen MR) is 104 cm³/mol. The number of ether oxygens (including phenoxy) is 2. The fourth-order valence-electron chi connectivity index (χ4n) is 2.41. The normalized spacial score (nSPS) is 10.2. The molecule has 2 amide bonds. The van der Waals surface area contributed by atoms with Gasteiger partial charge in [0.25, 0.3) is 5.91 Å². The highest BCUT2D eigenvalue weighted by Crippen LogP contribution is 2.35. The summed E-state index contributed by atoms with van der Waals surface area (Å²) in [6.07, 6.45) is 0.807. The molecule has 0 aliphatic heterocycles. The van der Waals surface area contributed by atoms with Crippen LogP contribution in [0.5, 0.6) is 11.5 Å². The number of carbonyl (C=O) groups excluding carboxylic acids is 2. The van der Waals surface area contributed by atoms with Crippen molar-refractivity contribution >= 4 is 33.4 Å². The number of anilines is 1. The molecule has 0 fully saturated rings. The van der Waals surface area contributed by atoms with Crippen molar-refractivity contribution in [1.82, 2.24) is 5.32 Å². The van der Waals surface area contributed by atoms with Crippen LogP contribution in [0.2, 0.25) is 0 Å². The minimum atomic E-state index is -0.395. The summed E-state index contributed by atoms with van der Waals surface area (Å²) in [7, 11) is 3.00. The molecule has 0 spiro atoms. The summed E-state index contributed by atoms with van der Waals surface area (Å²) in [4.78, 5) is 24.5. The lowest BCUT2D eigenvalue weighted by molar-refractivity contribution is -0.115. The van der Waals surface area contributed by atoms with E-state index in [9.17, 15) is 9.59 Å². The number of halogens is 1. The predicted octanol–water partition coefficient (Wildman–Crippen LogP) is 3.40. The first kappa shape index (κ1) is 19.8. The average molecular weight is 421 g/mol. The number of hydrogen-bond acceptors (Lipinski definition) is 4. The first-order chi connectivity index (χ1) is 12.5. The first-order valence-electron chi connectivity index (χ1n) is 8.07. The lowest BCUT2D eigenvalue weighted by atomic mass is 10.1. The van der Waals surface area contributed by atoms with Gasteiger partial charge in [0, 0.05) is 11.3 Å². The van der Waals surface area contributed by atoms with Gasteiger partial charge in [0.15, 0.2) is 0 Å². The molecule has 0 unspecified atom stereocenters. The molecule has 0 bridgehead atoms. The lowest BCUT2D eigenvalue weighted by Gasteiger charge is -2.12. The van der Waals surface area contributed by atoms with Gasteiger partial charge in [-0.05, 0) is 46.1 Å². The zero-order valence-electron chi connectivity index (χ0n) is 14.9. The van der Waals surface area contributed by atoms with Crippen LogP contribution in [0.4, 0.5) is 5.69 Å². The zero-order chi connectivity index (χ0) is 19.1. The van der Waals surface area contributed by atoms with E-state index in [2.05, 4.69) is 26.6 Å². The van der Waals surface area contributed by atoms with E-state index in [4.69, 9.17) is 9.47 Å². The molecule has 0 aromatic heterocycles. The molecule has 0 heterocycles. The van der Waals surface area contributed by atoms with Gasteiger partial charge in [0.1, 0.15) is 16.0 Å². The lowest BCUT2D eigenvalue weighted by Crippen LogP contribution is -2.33. The zero-order valence-corrected chi connectivity index (χ0v) is 16.5. The highest BCUT2D eigenvalue weighted by molar-refractivity contribution is 9.10. The van der Waals surface area contributed by atoms with Crippen LogP contribution in [0, 0.1) is 0 Å². The number of nitrogens with one attached hydrogen (secondary N) is 2. The van der Waals surface area contributed by atoms with Crippen LogP contribution in [0.1, 0.15) is 22.8 Å². The Balaban J connectivity index is 2.03. The summed E-state index contributed by atoms with van der Waals surface area (Å²) in [5, 5.41) is 5.41. The Labute approximate surface area is 161 Å². The largest absolute Gasteiger partial charge is 0.495 e. The molecule has 0 saturated heterocycles. The Morgan fingerprint density at radius 1 is 1.08 bits per heavy atom. The van der Waals surface area contributed by atoms with Gasteiger partial charge in [-0.1, -0.05) is 25.1 Å². The molecule has 2 N–H and O–H groups in total. The second-order valence-electron chi connectivity index (χ2n) is 5.44. The fourth-order valence-corrected chi connectivity index (χ4v) is 2.96. The Kier molecular flexibility index (Phi) is 7.03. The van der Waals surface area contributed by atoms with Gasteiger partial charge >= 0.3 is 0 Å². The Hall–Kier alpha value is -2.54. The van der Waals surface area contributed by atoms with Crippen molar-refractivity contribution in [3.63, 3.8) is 0 Å². The van der Waals surface area contributed by atoms with Crippen LogP contribution in [0.25, 0.3) is 0 Å². The van der Waals surface area contributed by atoms with Crippen LogP contribution in [0.3, 0.4) is 0 Å². The number of rotatable bonds is 7. The highest BCUT2D eigenvalue weighted by Gasteiger charge is 2.15. The summed E-state index contributed by atoms with van der Waals surface area (Å²) in [5.41, 5.74) is 2.12. The summed E-state index contributed by atoms with van der Waals surface area (Å²) < 4.78 is 11.1. The number of amides is 2. The van der Waals surface area contributed by atoms with Crippen LogP contribution in [-0.4, -0.2) is 32.6 Å². The fraction of sp³-hybridized carbons (Fsp3) is 0.263. The third kappa shape index (κ3) is 4.76. The molecule has 0 atom stereocenters. The van der Waals surface area contributed by atoms with Crippen molar-refractivity contribution in [3.8, 4) is 11.5 Å². The molecule has 6 nitrogen and oxygen atoms in total. The number of aryl methyl sites for hydroxylation is 1. The van der Waals surface area contributed by atoms with E-state index in [-0.39, 0.29) is 12.5 Å². The van der Waals surface area contributed by atoms with Crippen LogP contribution in [0.15, 0.2) is 40.9 Å². The quantitative estimate of drug-likeness (QED) is 0.719. The van der Waals surface area contributed by atoms with Crippen molar-refractivity contribution in [2.24, 2.45) is 0 Å². The third-order valence-electron chi connectivity index (χ3n) is 3.79. The second kappa shape index (κ2) is 9.24. The average Bonchev–Trinajstić information content (AvgIpc) is 2.66. The van der Waals surface area contributed by atoms with Gasteiger partial charge in [0.2, 0.25) is 5.91 Å². The maximum Gasteiger partial charge on any atom is 0.251 e. The number of carbonyl (C=O) groups is 2. The first-order valence-corrected chi connectivity index (χ1v) is 8.86. The molecule has 0 aliphatic carbocycles. The van der Waals surface area contributed by atoms with E-state index in [1.165, 1.54) is 14.2 Å². The van der Waals surface area contributed by atoms with Gasteiger partial charge in [-0.3, -0.25) is 9.59 Å². The van der Waals surface area contributed by atoms with E-state index in [0.29, 0.717) is 21.5 Å². The van der Waals surface area contributed by atoms with E-state index in [1.807, 2.05) is 31.2 Å². The van der Waals surface area contributed by atoms with Crippen molar-refractivity contribution in [2.75, 3.05) is 26.1 Å². The third-order valence-corrected chi connectivity index (χ3v) is 4.57. The Morgan fingerprint density at radius 2 is 1.69 bits per heavy atom. The molecule has 26 heavy (non-hydrogen) atoms. The molecular formula is C19H21BrN2O4. The Bertz CT molecular complexity index is 783. The molecule has 138 valence electrons. The van der Waals surface area contributed by atoms with Gasteiger partial charge in [-0.25, -0.2) is 0 Å². The SMILES string of the molecule is CCc1ccccc1NC(=O)CNC(=O)c1cc(OC)c(Br)c(OC)c1. The molecular weight excluding hydrogens is 400 g/mol. The van der Waals surface area contributed by atoms with Crippen molar-refractivity contribution in [3.05, 3.63) is 52.0 Å². The Morgan fingerprint density at radius 3 is 2.27 bits per heavy atom. The summed E-state index contributed by atoms with van der Waals surface area (Å²) >= 11 is 3.35. The molecule has 2 rings (SSSR count). The van der Waals surface area contributed by atoms with Gasteiger partial charge in [-0.2, -0.15) is 0 Å². The second-order valence-corrected chi connectivity index (χ2v) is 6.23. The smallest absolute Gasteiger partial charge is 0.251 e. The van der Waals surface area contributed by atoms with Crippen LogP contribution >= 0.6 is 15.9 Å². The number of benzene rings is 2. The molecule has 2 aromatic carbocycles. The molecule has 7 heteroatoms. The van der Waals surface area contributed by atoms with Gasteiger partial charge in [0.05, 0.1) is 20.8 Å². The maximum atomic E-state index is 12.4. The van der Waals surface area contributed by atoms with Crippen LogP contribution in [-0.2, 0) is 11.2 Å². The maximum absolute atomic E-state index is 12.4. The van der Waals surface area contributed by atoms with E-state index in [0.717, 1.165) is 17.7 Å². The minimum Gasteiger partial charge on any atom is -0.495 e. The monoisotopic (exact) mass is 420 g/mol. The minimum absolute atomic E-state index is 0.141. The summed E-state index contributed by atoms with van der Waals surface area (Å²) in [5.74, 6) is 0.245. The van der Waals surface area contributed by atoms with Crippen molar-refractivity contribution < 1.29 is 19.1 Å². The van der Waals surface area contributed by atoms with E-state index in [1.54, 1.807) is 12.1 Å². The summed E-state index contributed by atoms with van der Waals surface area (Å²) in [6, 6.07) is 10.7. The number of methoxy groups -OCH3 is 2. The van der Waals surface area contributed by atoms with Crippen LogP contribution < -0.4 is 20.1 Å². The standard InChI is InChI=1S/C19H21BrN2O4/c1-4-12-7-5-6-8-14(12)22-17(23)11-21-19(24)13-9-15(25-2)18(20)16(10-13)26-3/h5-10H,4,11H2,1-3H3,(H,21,24)(H,22,23). The van der Waals surface area contributed by atoms with E-state index >= 15 is 0 Å². The summed E-state index contributed by atoms with van der Waals surface area (Å²) in [6.45, 7) is 1.87. The van der Waals surface area contributed by atoms with Crippen molar-refractivity contribution in [1.29, 1.82) is 0 Å². The molecule has 0 radical (unpaired) electrons. The number of para-hydroxylation sites is 1. The van der Waals surface area contributed by atoms with Gasteiger partial charge < -0.3 is 20.1 Å². The molecule has 2 aromatic rings. The highest BCUT2D eigenvalue weighted by atomic mass is 79.9. The van der Waals surface area contributed by atoms with Crippen molar-refractivity contribution in [2.45, 2.75) is 13.3 Å². The topological polar surface area (TPSA) is 76.7 Å². The molecule has 0 aliphatic rings.